The molecule has 3 heterocycles. The van der Waals surface area contributed by atoms with Gasteiger partial charge in [-0.05, 0) is 43.8 Å². The quantitative estimate of drug-likeness (QED) is 0.586. The zero-order chi connectivity index (χ0) is 25.2. The van der Waals surface area contributed by atoms with Gasteiger partial charge >= 0.3 is 6.03 Å². The molecule has 2 fully saturated rings. The highest BCUT2D eigenvalue weighted by Crippen LogP contribution is 2.47. The molecule has 0 unspecified atom stereocenters. The molecular formula is C26H31FN4O5. The highest BCUT2D eigenvalue weighted by atomic mass is 19.1. The maximum atomic E-state index is 13.9. The van der Waals surface area contributed by atoms with Gasteiger partial charge in [0.15, 0.2) is 0 Å². The Balaban J connectivity index is 1.27. The monoisotopic (exact) mass is 498 g/mol. The van der Waals surface area contributed by atoms with Crippen LogP contribution in [0.1, 0.15) is 24.3 Å². The molecule has 0 spiro atoms. The third kappa shape index (κ3) is 5.16. The Morgan fingerprint density at radius 2 is 1.89 bits per heavy atom. The van der Waals surface area contributed by atoms with Crippen molar-refractivity contribution in [1.82, 2.24) is 9.80 Å². The van der Waals surface area contributed by atoms with Crippen molar-refractivity contribution < 1.29 is 28.6 Å². The second-order valence-corrected chi connectivity index (χ2v) is 9.60. The van der Waals surface area contributed by atoms with Crippen LogP contribution in [0, 0.1) is 5.82 Å². The molecule has 3 aliphatic heterocycles. The Labute approximate surface area is 209 Å². The lowest BCUT2D eigenvalue weighted by Crippen LogP contribution is -2.50. The molecule has 2 saturated heterocycles. The number of nitrogens with one attached hydrogen (secondary N) is 2. The van der Waals surface area contributed by atoms with Crippen LogP contribution in [0.15, 0.2) is 42.5 Å². The first kappa shape index (κ1) is 24.5. The van der Waals surface area contributed by atoms with E-state index in [0.29, 0.717) is 30.9 Å². The molecule has 0 aliphatic carbocycles. The molecule has 2 aromatic carbocycles. The minimum Gasteiger partial charge on any atom is -0.487 e. The second kappa shape index (κ2) is 10.4. The Morgan fingerprint density at radius 1 is 1.11 bits per heavy atom. The van der Waals surface area contributed by atoms with Crippen molar-refractivity contribution >= 4 is 23.3 Å². The molecule has 5 rings (SSSR count). The maximum absolute atomic E-state index is 13.9. The van der Waals surface area contributed by atoms with E-state index in [1.807, 2.05) is 18.0 Å². The van der Waals surface area contributed by atoms with E-state index >= 15 is 0 Å². The summed E-state index contributed by atoms with van der Waals surface area (Å²) >= 11 is 0. The van der Waals surface area contributed by atoms with Crippen LogP contribution < -0.4 is 15.4 Å². The van der Waals surface area contributed by atoms with Crippen LogP contribution in [-0.2, 0) is 9.53 Å². The molecule has 4 atom stereocenters. The summed E-state index contributed by atoms with van der Waals surface area (Å²) in [5.41, 5.74) is 1.51. The predicted octanol–water partition coefficient (Wildman–Crippen LogP) is 2.63. The van der Waals surface area contributed by atoms with E-state index in [0.717, 1.165) is 18.7 Å². The average molecular weight is 499 g/mol. The van der Waals surface area contributed by atoms with Crippen LogP contribution in [0.5, 0.6) is 5.75 Å². The van der Waals surface area contributed by atoms with Crippen LogP contribution in [0.4, 0.5) is 20.6 Å². The number of urea groups is 1. The van der Waals surface area contributed by atoms with Gasteiger partial charge in [-0.1, -0.05) is 12.1 Å². The predicted molar refractivity (Wildman–Crippen MR) is 132 cm³/mol. The highest BCUT2D eigenvalue weighted by Gasteiger charge is 2.46. The number of fused-ring (bicyclic) bond motifs is 3. The molecule has 192 valence electrons. The summed E-state index contributed by atoms with van der Waals surface area (Å²) in [6, 6.07) is 10.7. The number of carbonyl (C=O) groups is 2. The van der Waals surface area contributed by atoms with Crippen LogP contribution in [-0.4, -0.2) is 85.0 Å². The molecule has 2 aromatic rings. The molecule has 36 heavy (non-hydrogen) atoms. The topological polar surface area (TPSA) is 103 Å². The van der Waals surface area contributed by atoms with Gasteiger partial charge in [-0.2, -0.15) is 0 Å². The number of halogens is 1. The van der Waals surface area contributed by atoms with E-state index < -0.39 is 18.0 Å². The lowest BCUT2D eigenvalue weighted by molar-refractivity contribution is -0.150. The smallest absolute Gasteiger partial charge is 0.323 e. The van der Waals surface area contributed by atoms with Crippen molar-refractivity contribution in [2.24, 2.45) is 0 Å². The van der Waals surface area contributed by atoms with Gasteiger partial charge in [0.1, 0.15) is 23.8 Å². The number of likely N-dealkylation sites (N-methyl/N-ethyl adjacent to an activating group) is 1. The van der Waals surface area contributed by atoms with E-state index in [1.165, 1.54) is 12.1 Å². The van der Waals surface area contributed by atoms with Gasteiger partial charge in [0.2, 0.25) is 5.91 Å². The van der Waals surface area contributed by atoms with E-state index in [-0.39, 0.29) is 42.7 Å². The zero-order valence-corrected chi connectivity index (χ0v) is 20.2. The van der Waals surface area contributed by atoms with Gasteiger partial charge < -0.3 is 35.0 Å². The minimum atomic E-state index is -0.564. The third-order valence-corrected chi connectivity index (χ3v) is 7.14. The number of aliphatic hydroxyl groups excluding tert-OH is 1. The maximum Gasteiger partial charge on any atom is 0.323 e. The number of piperazine rings is 1. The normalized spacial score (nSPS) is 25.5. The highest BCUT2D eigenvalue weighted by molar-refractivity contribution is 5.99. The van der Waals surface area contributed by atoms with Gasteiger partial charge in [-0.15, -0.1) is 0 Å². The van der Waals surface area contributed by atoms with Crippen LogP contribution in [0.2, 0.25) is 0 Å². The summed E-state index contributed by atoms with van der Waals surface area (Å²) < 4.78 is 26.1. The van der Waals surface area contributed by atoms with Crippen LogP contribution in [0.3, 0.4) is 0 Å². The molecule has 3 N–H and O–H groups in total. The summed E-state index contributed by atoms with van der Waals surface area (Å²) in [7, 11) is 2.04. The number of para-hydroxylation sites is 1. The van der Waals surface area contributed by atoms with Crippen molar-refractivity contribution in [1.29, 1.82) is 0 Å². The number of benzene rings is 2. The first-order chi connectivity index (χ1) is 17.4. The first-order valence-electron chi connectivity index (χ1n) is 12.3. The van der Waals surface area contributed by atoms with Crippen molar-refractivity contribution in [3.8, 4) is 5.75 Å². The van der Waals surface area contributed by atoms with Gasteiger partial charge in [-0.3, -0.25) is 4.79 Å². The SMILES string of the molecule is CN1CCN(C(=O)C[C@@H]2C[C@@H]3c4cc(NC(=O)Nc5ccccc5F)ccc4O[C@@H]3[C@@H](CO)O2)CC1. The Morgan fingerprint density at radius 3 is 2.64 bits per heavy atom. The Bertz CT molecular complexity index is 1120. The second-order valence-electron chi connectivity index (χ2n) is 9.60. The van der Waals surface area contributed by atoms with Crippen LogP contribution >= 0.6 is 0 Å². The molecule has 0 bridgehead atoms. The number of ether oxygens (including phenoxy) is 2. The summed E-state index contributed by atoms with van der Waals surface area (Å²) in [4.78, 5) is 29.4. The molecule has 10 heteroatoms. The lowest BCUT2D eigenvalue weighted by Gasteiger charge is -2.38. The molecular weight excluding hydrogens is 467 g/mol. The van der Waals surface area contributed by atoms with Crippen molar-refractivity contribution in [3.05, 3.63) is 53.8 Å². The molecule has 0 aromatic heterocycles. The van der Waals surface area contributed by atoms with Gasteiger partial charge in [-0.25, -0.2) is 9.18 Å². The van der Waals surface area contributed by atoms with Crippen molar-refractivity contribution in [3.63, 3.8) is 0 Å². The van der Waals surface area contributed by atoms with Crippen molar-refractivity contribution in [2.45, 2.75) is 37.1 Å². The van der Waals surface area contributed by atoms with Crippen LogP contribution in [0.25, 0.3) is 0 Å². The number of amides is 3. The number of carbonyl (C=O) groups excluding carboxylic acids is 2. The van der Waals surface area contributed by atoms with Crippen molar-refractivity contribution in [2.75, 3.05) is 50.5 Å². The number of aliphatic hydroxyl groups is 1. The first-order valence-corrected chi connectivity index (χ1v) is 12.3. The number of anilines is 2. The van der Waals surface area contributed by atoms with E-state index in [9.17, 15) is 19.1 Å². The Hall–Kier alpha value is -3.21. The van der Waals surface area contributed by atoms with Gasteiger partial charge in [0.25, 0.3) is 0 Å². The average Bonchev–Trinajstić information content (AvgIpc) is 3.23. The molecule has 9 nitrogen and oxygen atoms in total. The molecule has 0 saturated carbocycles. The summed E-state index contributed by atoms with van der Waals surface area (Å²) in [6.07, 6.45) is -0.448. The fourth-order valence-electron chi connectivity index (χ4n) is 5.19. The van der Waals surface area contributed by atoms with E-state index in [2.05, 4.69) is 15.5 Å². The number of rotatable bonds is 5. The molecule has 0 radical (unpaired) electrons. The third-order valence-electron chi connectivity index (χ3n) is 7.14. The van der Waals surface area contributed by atoms with E-state index in [1.54, 1.807) is 24.3 Å². The summed E-state index contributed by atoms with van der Waals surface area (Å²) in [5, 5.41) is 15.2. The number of hydrogen-bond donors (Lipinski definition) is 3. The number of hydrogen-bond acceptors (Lipinski definition) is 6. The molecule has 3 aliphatic rings. The summed E-state index contributed by atoms with van der Waals surface area (Å²) in [5.74, 6) is 0.112. The number of nitrogens with zero attached hydrogens (tertiary/aromatic N) is 2. The standard InChI is InChI=1S/C26H31FN4O5/c1-30-8-10-31(11-9-30)24(33)14-17-13-19-18-12-16(6-7-22(18)36-25(19)23(15-32)35-17)28-26(34)29-21-5-3-2-4-20(21)27/h2-7,12,17,19,23,25,32H,8-11,13-15H2,1H3,(H2,28,29,34)/t17-,19+,23+,25-/m0/s1. The summed E-state index contributed by atoms with van der Waals surface area (Å²) in [6.45, 7) is 2.89. The fourth-order valence-corrected chi connectivity index (χ4v) is 5.19. The fraction of sp³-hybridized carbons (Fsp3) is 0.462. The Kier molecular flexibility index (Phi) is 7.08. The lowest BCUT2D eigenvalue weighted by atomic mass is 9.84. The molecule has 3 amide bonds. The van der Waals surface area contributed by atoms with E-state index in [4.69, 9.17) is 9.47 Å². The van der Waals surface area contributed by atoms with Gasteiger partial charge in [0.05, 0.1) is 24.8 Å². The zero-order valence-electron chi connectivity index (χ0n) is 20.2. The van der Waals surface area contributed by atoms with Gasteiger partial charge in [0, 0.05) is 43.3 Å². The largest absolute Gasteiger partial charge is 0.487 e. The minimum absolute atomic E-state index is 0.0580.